The van der Waals surface area contributed by atoms with Gasteiger partial charge in [-0.15, -0.1) is 0 Å². The van der Waals surface area contributed by atoms with E-state index in [1.54, 1.807) is 24.3 Å². The maximum Gasteiger partial charge on any atom is 0.269 e. The van der Waals surface area contributed by atoms with Gasteiger partial charge in [-0.1, -0.05) is 78.5 Å². The SMILES string of the molecule is Cc1ccccc1N1C(=O)C(Cc2ccccc2)S/C1=C(/C#N)C(=O)Nc1ccccc1. The molecule has 0 radical (unpaired) electrons. The molecule has 6 heteroatoms. The van der Waals surface area contributed by atoms with E-state index in [0.717, 1.165) is 11.1 Å². The number of rotatable bonds is 5. The van der Waals surface area contributed by atoms with Crippen LogP contribution in [0.1, 0.15) is 11.1 Å². The predicted molar refractivity (Wildman–Crippen MR) is 128 cm³/mol. The molecule has 0 bridgehead atoms. The average molecular weight is 440 g/mol. The summed E-state index contributed by atoms with van der Waals surface area (Å²) in [4.78, 5) is 28.0. The minimum absolute atomic E-state index is 0.0778. The van der Waals surface area contributed by atoms with Crippen LogP contribution in [-0.4, -0.2) is 17.1 Å². The predicted octanol–water partition coefficient (Wildman–Crippen LogP) is 5.06. The number of anilines is 2. The summed E-state index contributed by atoms with van der Waals surface area (Å²) in [7, 11) is 0. The second-order valence-electron chi connectivity index (χ2n) is 7.37. The van der Waals surface area contributed by atoms with Gasteiger partial charge in [0.25, 0.3) is 5.91 Å². The second-order valence-corrected chi connectivity index (χ2v) is 8.56. The summed E-state index contributed by atoms with van der Waals surface area (Å²) in [6, 6.07) is 28.2. The van der Waals surface area contributed by atoms with Crippen molar-refractivity contribution in [2.24, 2.45) is 0 Å². The summed E-state index contributed by atoms with van der Waals surface area (Å²) in [5.74, 6) is -0.670. The van der Waals surface area contributed by atoms with Crippen molar-refractivity contribution in [3.05, 3.63) is 107 Å². The van der Waals surface area contributed by atoms with Crippen molar-refractivity contribution in [1.29, 1.82) is 5.26 Å². The van der Waals surface area contributed by atoms with E-state index in [0.29, 0.717) is 22.8 Å². The Morgan fingerprint density at radius 2 is 1.62 bits per heavy atom. The zero-order valence-corrected chi connectivity index (χ0v) is 18.3. The van der Waals surface area contributed by atoms with E-state index in [1.807, 2.05) is 73.7 Å². The maximum atomic E-state index is 13.5. The van der Waals surface area contributed by atoms with Gasteiger partial charge in [0.05, 0.1) is 10.9 Å². The van der Waals surface area contributed by atoms with Gasteiger partial charge in [0.1, 0.15) is 16.7 Å². The van der Waals surface area contributed by atoms with Crippen LogP contribution < -0.4 is 10.2 Å². The van der Waals surface area contributed by atoms with Gasteiger partial charge in [-0.25, -0.2) is 0 Å². The van der Waals surface area contributed by atoms with Gasteiger partial charge in [0.2, 0.25) is 5.91 Å². The second kappa shape index (κ2) is 9.54. The quantitative estimate of drug-likeness (QED) is 0.445. The van der Waals surface area contributed by atoms with Crippen molar-refractivity contribution in [3.8, 4) is 6.07 Å². The van der Waals surface area contributed by atoms with Crippen LogP contribution in [0.15, 0.2) is 95.5 Å². The molecule has 0 aliphatic carbocycles. The molecular weight excluding hydrogens is 418 g/mol. The Bertz CT molecular complexity index is 1220. The number of hydrogen-bond donors (Lipinski definition) is 1. The minimum Gasteiger partial charge on any atom is -0.321 e. The van der Waals surface area contributed by atoms with Crippen molar-refractivity contribution in [3.63, 3.8) is 0 Å². The molecule has 1 N–H and O–H groups in total. The first-order chi connectivity index (χ1) is 15.6. The van der Waals surface area contributed by atoms with E-state index in [9.17, 15) is 14.9 Å². The fourth-order valence-electron chi connectivity index (χ4n) is 3.56. The topological polar surface area (TPSA) is 73.2 Å². The summed E-state index contributed by atoms with van der Waals surface area (Å²) in [5, 5.41) is 12.6. The molecular formula is C26H21N3O2S. The number of carbonyl (C=O) groups is 2. The molecule has 0 spiro atoms. The summed E-state index contributed by atoms with van der Waals surface area (Å²) >= 11 is 1.27. The molecule has 0 saturated carbocycles. The molecule has 2 amide bonds. The maximum absolute atomic E-state index is 13.5. The van der Waals surface area contributed by atoms with Crippen molar-refractivity contribution in [2.75, 3.05) is 10.2 Å². The van der Waals surface area contributed by atoms with Gasteiger partial charge in [0, 0.05) is 5.69 Å². The van der Waals surface area contributed by atoms with Crippen molar-refractivity contribution < 1.29 is 9.59 Å². The summed E-state index contributed by atoms with van der Waals surface area (Å²) in [5.41, 5.74) is 3.10. The van der Waals surface area contributed by atoms with Crippen molar-refractivity contribution in [1.82, 2.24) is 0 Å². The largest absolute Gasteiger partial charge is 0.321 e. The number of thioether (sulfide) groups is 1. The zero-order chi connectivity index (χ0) is 22.5. The van der Waals surface area contributed by atoms with Crippen LogP contribution >= 0.6 is 11.8 Å². The number of nitrogens with one attached hydrogen (secondary N) is 1. The van der Waals surface area contributed by atoms with Crippen LogP contribution in [0.5, 0.6) is 0 Å². The van der Waals surface area contributed by atoms with E-state index < -0.39 is 11.2 Å². The van der Waals surface area contributed by atoms with Gasteiger partial charge in [-0.05, 0) is 42.7 Å². The van der Waals surface area contributed by atoms with E-state index in [1.165, 1.54) is 16.7 Å². The Labute approximate surface area is 191 Å². The van der Waals surface area contributed by atoms with Gasteiger partial charge >= 0.3 is 0 Å². The molecule has 4 rings (SSSR count). The van der Waals surface area contributed by atoms with Crippen LogP contribution in [0.2, 0.25) is 0 Å². The third-order valence-corrected chi connectivity index (χ3v) is 6.42. The Morgan fingerprint density at radius 1 is 1.00 bits per heavy atom. The van der Waals surface area contributed by atoms with Gasteiger partial charge in [-0.3, -0.25) is 14.5 Å². The molecule has 1 aliphatic heterocycles. The van der Waals surface area contributed by atoms with Gasteiger partial charge in [-0.2, -0.15) is 5.26 Å². The first kappa shape index (κ1) is 21.4. The fourth-order valence-corrected chi connectivity index (χ4v) is 4.86. The Kier molecular flexibility index (Phi) is 6.39. The number of amides is 2. The molecule has 1 atom stereocenters. The van der Waals surface area contributed by atoms with Gasteiger partial charge in [0.15, 0.2) is 0 Å². The van der Waals surface area contributed by atoms with E-state index >= 15 is 0 Å². The molecule has 5 nitrogen and oxygen atoms in total. The average Bonchev–Trinajstić information content (AvgIpc) is 3.11. The Morgan fingerprint density at radius 3 is 2.28 bits per heavy atom. The minimum atomic E-state index is -0.534. The highest BCUT2D eigenvalue weighted by Crippen LogP contribution is 2.42. The molecule has 1 heterocycles. The Balaban J connectivity index is 1.75. The molecule has 3 aromatic carbocycles. The summed E-state index contributed by atoms with van der Waals surface area (Å²) in [6.07, 6.45) is 0.509. The summed E-state index contributed by atoms with van der Waals surface area (Å²) < 4.78 is 0. The monoisotopic (exact) mass is 439 g/mol. The number of nitriles is 1. The third-order valence-electron chi connectivity index (χ3n) is 5.16. The van der Waals surface area contributed by atoms with Crippen molar-refractivity contribution >= 4 is 35.0 Å². The van der Waals surface area contributed by atoms with Crippen LogP contribution in [0.3, 0.4) is 0 Å². The van der Waals surface area contributed by atoms with Gasteiger partial charge < -0.3 is 5.32 Å². The van der Waals surface area contributed by atoms with E-state index in [4.69, 9.17) is 0 Å². The fraction of sp³-hybridized carbons (Fsp3) is 0.115. The highest BCUT2D eigenvalue weighted by Gasteiger charge is 2.41. The molecule has 3 aromatic rings. The smallest absolute Gasteiger partial charge is 0.269 e. The molecule has 158 valence electrons. The number of carbonyl (C=O) groups excluding carboxylic acids is 2. The number of hydrogen-bond acceptors (Lipinski definition) is 4. The number of benzene rings is 3. The normalized spacial score (nSPS) is 17.1. The van der Waals surface area contributed by atoms with Crippen LogP contribution in [0.4, 0.5) is 11.4 Å². The van der Waals surface area contributed by atoms with E-state index in [2.05, 4.69) is 5.32 Å². The molecule has 1 aliphatic rings. The lowest BCUT2D eigenvalue weighted by Crippen LogP contribution is -2.31. The molecule has 1 unspecified atom stereocenters. The highest BCUT2D eigenvalue weighted by molar-refractivity contribution is 8.05. The van der Waals surface area contributed by atoms with Crippen LogP contribution in [0, 0.1) is 18.3 Å². The first-order valence-corrected chi connectivity index (χ1v) is 11.1. The molecule has 32 heavy (non-hydrogen) atoms. The number of aryl methyl sites for hydroxylation is 1. The van der Waals surface area contributed by atoms with Crippen LogP contribution in [0.25, 0.3) is 0 Å². The lowest BCUT2D eigenvalue weighted by molar-refractivity contribution is -0.117. The molecule has 0 aromatic heterocycles. The zero-order valence-electron chi connectivity index (χ0n) is 17.5. The highest BCUT2D eigenvalue weighted by atomic mass is 32.2. The number of para-hydroxylation sites is 2. The van der Waals surface area contributed by atoms with E-state index in [-0.39, 0.29) is 11.5 Å². The summed E-state index contributed by atoms with van der Waals surface area (Å²) in [6.45, 7) is 1.91. The lowest BCUT2D eigenvalue weighted by Gasteiger charge is -2.20. The molecule has 1 saturated heterocycles. The third kappa shape index (κ3) is 4.43. The first-order valence-electron chi connectivity index (χ1n) is 10.2. The Hall–Kier alpha value is -3.82. The lowest BCUT2D eigenvalue weighted by atomic mass is 10.1. The van der Waals surface area contributed by atoms with Crippen LogP contribution in [-0.2, 0) is 16.0 Å². The standard InChI is InChI=1S/C26H21N3O2S/c1-18-10-8-9-15-22(18)29-25(31)23(16-19-11-4-2-5-12-19)32-26(29)21(17-27)24(30)28-20-13-6-3-7-14-20/h2-15,23H,16H2,1H3,(H,28,30)/b26-21-. The molecule has 1 fully saturated rings. The van der Waals surface area contributed by atoms with Crippen molar-refractivity contribution in [2.45, 2.75) is 18.6 Å². The number of nitrogens with zero attached hydrogens (tertiary/aromatic N) is 2.